The Morgan fingerprint density at radius 1 is 0.337 bits per heavy atom. The Hall–Kier alpha value is -6.65. The van der Waals surface area contributed by atoms with E-state index in [1.807, 2.05) is 21.1 Å². The Balaban J connectivity index is 4.40. The monoisotopic (exact) mass is 1220 g/mol. The molecule has 9 heteroatoms. The molecule has 89 heavy (non-hydrogen) atoms. The lowest BCUT2D eigenvalue weighted by molar-refractivity contribution is -0.870. The predicted molar refractivity (Wildman–Crippen MR) is 381 cm³/mol. The molecule has 0 fully saturated rings. The van der Waals surface area contributed by atoms with Gasteiger partial charge in [-0.1, -0.05) is 251 Å². The van der Waals surface area contributed by atoms with E-state index in [1.165, 1.54) is 0 Å². The van der Waals surface area contributed by atoms with Crippen molar-refractivity contribution in [2.75, 3.05) is 47.5 Å². The number of likely N-dealkylation sites (N-methyl/N-ethyl adjacent to an activating group) is 1. The predicted octanol–water partition coefficient (Wildman–Crippen LogP) is 21.1. The molecule has 2 atom stereocenters. The molecule has 0 aromatic carbocycles. The summed E-state index contributed by atoms with van der Waals surface area (Å²) in [5, 5.41) is 9.73. The van der Waals surface area contributed by atoms with Gasteiger partial charge in [-0.15, -0.1) is 0 Å². The van der Waals surface area contributed by atoms with Crippen LogP contribution in [0.5, 0.6) is 0 Å². The zero-order chi connectivity index (χ0) is 64.7. The lowest BCUT2D eigenvalue weighted by Gasteiger charge is -2.25. The van der Waals surface area contributed by atoms with Crippen LogP contribution in [0.2, 0.25) is 0 Å². The molecule has 0 radical (unpaired) electrons. The Labute approximate surface area is 542 Å². The highest BCUT2D eigenvalue weighted by Crippen LogP contribution is 2.11. The fourth-order valence-electron chi connectivity index (χ4n) is 7.85. The molecule has 0 bridgehead atoms. The van der Waals surface area contributed by atoms with Crippen LogP contribution in [-0.2, 0) is 33.3 Å². The summed E-state index contributed by atoms with van der Waals surface area (Å²) in [6.07, 6.45) is 106. The Morgan fingerprint density at radius 3 is 0.899 bits per heavy atom. The number of hydrogen-bond acceptors (Lipinski definition) is 7. The number of rotatable bonds is 58. The lowest BCUT2D eigenvalue weighted by atomic mass is 10.1. The molecule has 492 valence electrons. The van der Waals surface area contributed by atoms with Gasteiger partial charge in [-0.05, 0) is 161 Å². The molecule has 0 saturated carbocycles. The van der Waals surface area contributed by atoms with Gasteiger partial charge in [0, 0.05) is 12.8 Å². The van der Waals surface area contributed by atoms with E-state index in [1.54, 1.807) is 0 Å². The Bertz CT molecular complexity index is 2310. The molecule has 0 aromatic heterocycles. The molecular weight excluding hydrogens is 1100 g/mol. The molecule has 0 spiro atoms. The average molecular weight is 1220 g/mol. The SMILES string of the molecule is CC/C=C\C/C=C\C/C=C\C/C=C\C/C=C\C/C=C\C/C=C\C/C=C\C/C=C\C/C=C\C/C=C\CCCCCC(=O)OC(COC(=O)CCCC/C=C\C/C=C\C/C=C\C/C=C\C/C=C\C/C=C\C/C=C\C/C=C\CC)COC(OCC[N+](C)(C)C)C(=O)O. The summed E-state index contributed by atoms with van der Waals surface area (Å²) in [6, 6.07) is 0. The molecule has 0 aromatic rings. The number of quaternary nitrogens is 1. The van der Waals surface area contributed by atoms with Gasteiger partial charge in [0.25, 0.3) is 6.29 Å². The summed E-state index contributed by atoms with van der Waals surface area (Å²) in [5.41, 5.74) is 0. The minimum absolute atomic E-state index is 0.159. The van der Waals surface area contributed by atoms with Crippen LogP contribution < -0.4 is 0 Å². The van der Waals surface area contributed by atoms with Crippen molar-refractivity contribution in [1.29, 1.82) is 0 Å². The third kappa shape index (κ3) is 68.7. The molecule has 2 unspecified atom stereocenters. The van der Waals surface area contributed by atoms with Crippen LogP contribution in [0.3, 0.4) is 0 Å². The summed E-state index contributed by atoms with van der Waals surface area (Å²) in [6.45, 7) is 4.51. The number of carboxylic acids is 1. The first kappa shape index (κ1) is 82.4. The second-order valence-corrected chi connectivity index (χ2v) is 22.3. The zero-order valence-electron chi connectivity index (χ0n) is 56.0. The van der Waals surface area contributed by atoms with Gasteiger partial charge >= 0.3 is 17.9 Å². The van der Waals surface area contributed by atoms with Gasteiger partial charge in [0.1, 0.15) is 13.2 Å². The lowest BCUT2D eigenvalue weighted by Crippen LogP contribution is -2.40. The number of hydrogen-bond donors (Lipinski definition) is 1. The van der Waals surface area contributed by atoms with Crippen LogP contribution in [0, 0.1) is 0 Å². The van der Waals surface area contributed by atoms with Crippen LogP contribution >= 0.6 is 0 Å². The second kappa shape index (κ2) is 67.3. The highest BCUT2D eigenvalue weighted by atomic mass is 16.7. The molecule has 0 aliphatic rings. The fourth-order valence-corrected chi connectivity index (χ4v) is 7.85. The van der Waals surface area contributed by atoms with E-state index in [-0.39, 0.29) is 32.7 Å². The van der Waals surface area contributed by atoms with Crippen molar-refractivity contribution < 1.29 is 42.9 Å². The second-order valence-electron chi connectivity index (χ2n) is 22.3. The minimum atomic E-state index is -1.55. The van der Waals surface area contributed by atoms with Crippen molar-refractivity contribution in [2.24, 2.45) is 0 Å². The van der Waals surface area contributed by atoms with Crippen molar-refractivity contribution >= 4 is 17.9 Å². The molecule has 0 amide bonds. The number of allylic oxidation sites excluding steroid dienone is 38. The molecule has 0 heterocycles. The third-order valence-corrected chi connectivity index (χ3v) is 12.9. The number of unbranched alkanes of at least 4 members (excludes halogenated alkanes) is 5. The van der Waals surface area contributed by atoms with E-state index < -0.39 is 30.3 Å². The van der Waals surface area contributed by atoms with Crippen LogP contribution in [-0.4, -0.2) is 87.4 Å². The summed E-state index contributed by atoms with van der Waals surface area (Å²) >= 11 is 0. The number of carbonyl (C=O) groups is 3. The van der Waals surface area contributed by atoms with Crippen LogP contribution in [0.25, 0.3) is 0 Å². The van der Waals surface area contributed by atoms with Gasteiger partial charge in [-0.3, -0.25) is 9.59 Å². The maximum Gasteiger partial charge on any atom is 0.361 e. The molecule has 0 aliphatic carbocycles. The standard InChI is InChI=1S/C80H119NO8/c1-6-8-10-12-14-16-18-20-22-24-26-28-30-32-34-35-36-37-38-39-40-41-42-43-45-47-49-51-53-55-57-59-61-63-65-67-69-71-78(83)89-76(75-88-80(79(84)85)86-73-72-81(3,4)5)74-87-77(82)70-68-66-64-62-60-58-56-54-52-50-48-46-44-33-31-29-27-25-23-21-19-17-15-13-11-9-7-2/h8-11,14-17,20-23,26-29,32-34,36-37,39-40,42-44,47-50,53-56,59-62,76,80H,6-7,12-13,18-19,24-25,30-31,35,38,41,45-46,51-52,57-58,63-75H2,1-5H3/p+1/b10-8-,11-9-,16-14-,17-15-,22-20-,23-21-,28-26-,29-27-,34-32-,37-36-,40-39-,43-42-,44-33-,49-47-,50-48-,55-53-,56-54-,61-59-,62-60-. The van der Waals surface area contributed by atoms with E-state index in [0.717, 1.165) is 154 Å². The topological polar surface area (TPSA) is 108 Å². The van der Waals surface area contributed by atoms with E-state index in [0.29, 0.717) is 23.9 Å². The van der Waals surface area contributed by atoms with Gasteiger partial charge in [0.2, 0.25) is 0 Å². The first-order chi connectivity index (χ1) is 43.6. The van der Waals surface area contributed by atoms with Crippen molar-refractivity contribution in [2.45, 2.75) is 206 Å². The first-order valence-electron chi connectivity index (χ1n) is 33.5. The van der Waals surface area contributed by atoms with Gasteiger partial charge in [0.15, 0.2) is 6.10 Å². The van der Waals surface area contributed by atoms with Gasteiger partial charge < -0.3 is 28.5 Å². The van der Waals surface area contributed by atoms with Crippen molar-refractivity contribution in [3.8, 4) is 0 Å². The van der Waals surface area contributed by atoms with E-state index >= 15 is 0 Å². The van der Waals surface area contributed by atoms with Gasteiger partial charge in [-0.2, -0.15) is 0 Å². The number of esters is 2. The minimum Gasteiger partial charge on any atom is -0.477 e. The highest BCUT2D eigenvalue weighted by molar-refractivity contribution is 5.71. The number of nitrogens with zero attached hydrogens (tertiary/aromatic N) is 1. The fraction of sp³-hybridized carbons (Fsp3) is 0.487. The zero-order valence-corrected chi connectivity index (χ0v) is 56.0. The third-order valence-electron chi connectivity index (χ3n) is 12.9. The molecule has 0 aliphatic heterocycles. The van der Waals surface area contributed by atoms with Crippen LogP contribution in [0.1, 0.15) is 194 Å². The molecule has 0 saturated heterocycles. The van der Waals surface area contributed by atoms with Crippen molar-refractivity contribution in [3.63, 3.8) is 0 Å². The molecular formula is C80H120NO8+. The van der Waals surface area contributed by atoms with Gasteiger partial charge in [-0.25, -0.2) is 4.79 Å². The summed E-state index contributed by atoms with van der Waals surface area (Å²) in [7, 11) is 5.92. The normalized spacial score (nSPS) is 14.2. The Morgan fingerprint density at radius 2 is 0.607 bits per heavy atom. The average Bonchev–Trinajstić information content (AvgIpc) is 3.70. The van der Waals surface area contributed by atoms with Crippen LogP contribution in [0.15, 0.2) is 231 Å². The van der Waals surface area contributed by atoms with E-state index in [4.69, 9.17) is 18.9 Å². The summed E-state index contributed by atoms with van der Waals surface area (Å²) < 4.78 is 22.8. The molecule has 9 nitrogen and oxygen atoms in total. The van der Waals surface area contributed by atoms with Crippen LogP contribution in [0.4, 0.5) is 0 Å². The van der Waals surface area contributed by atoms with E-state index in [2.05, 4.69) is 245 Å². The molecule has 0 rings (SSSR count). The van der Waals surface area contributed by atoms with Crippen molar-refractivity contribution in [1.82, 2.24) is 0 Å². The van der Waals surface area contributed by atoms with Crippen molar-refractivity contribution in [3.05, 3.63) is 231 Å². The first-order valence-corrected chi connectivity index (χ1v) is 33.5. The van der Waals surface area contributed by atoms with E-state index in [9.17, 15) is 19.5 Å². The molecule has 1 N–H and O–H groups in total. The largest absolute Gasteiger partial charge is 0.477 e. The quantitative estimate of drug-likeness (QED) is 0.0211. The van der Waals surface area contributed by atoms with Gasteiger partial charge in [0.05, 0.1) is 34.4 Å². The maximum absolute atomic E-state index is 12.9. The number of carboxylic acid groups (broad SMARTS) is 1. The summed E-state index contributed by atoms with van der Waals surface area (Å²) in [5.74, 6) is -2.15. The smallest absolute Gasteiger partial charge is 0.361 e. The number of aliphatic carboxylic acids is 1. The Kier molecular flexibility index (Phi) is 62.3. The highest BCUT2D eigenvalue weighted by Gasteiger charge is 2.25. The number of carbonyl (C=O) groups excluding carboxylic acids is 2. The maximum atomic E-state index is 12.9. The number of ether oxygens (including phenoxy) is 4. The summed E-state index contributed by atoms with van der Waals surface area (Å²) in [4.78, 5) is 37.6.